The summed E-state index contributed by atoms with van der Waals surface area (Å²) in [6, 6.07) is 4.83. The van der Waals surface area contributed by atoms with Crippen LogP contribution >= 0.6 is 0 Å². The molecule has 0 aromatic heterocycles. The second kappa shape index (κ2) is 8.79. The van der Waals surface area contributed by atoms with Crippen molar-refractivity contribution in [3.05, 3.63) is 18.2 Å². The van der Waals surface area contributed by atoms with Crippen LogP contribution in [0.25, 0.3) is 0 Å². The Labute approximate surface area is 160 Å². The maximum absolute atomic E-state index is 12.3. The number of fused-ring (bicyclic) bond motifs is 1. The summed E-state index contributed by atoms with van der Waals surface area (Å²) >= 11 is 0. The van der Waals surface area contributed by atoms with Crippen molar-refractivity contribution < 1.29 is 22.7 Å². The minimum Gasteiger partial charge on any atom is -0.454 e. The number of piperidine rings is 1. The number of hydrogen-bond acceptors (Lipinski definition) is 6. The van der Waals surface area contributed by atoms with Crippen molar-refractivity contribution in [3.8, 4) is 11.5 Å². The topological polar surface area (TPSA) is 88.2 Å². The first-order valence-electron chi connectivity index (χ1n) is 9.30. The first-order chi connectivity index (χ1) is 12.9. The van der Waals surface area contributed by atoms with E-state index < -0.39 is 10.0 Å². The van der Waals surface area contributed by atoms with Gasteiger partial charge in [0.1, 0.15) is 6.54 Å². The zero-order valence-electron chi connectivity index (χ0n) is 15.6. The number of hydrogen-bond donors (Lipinski definition) is 1. The van der Waals surface area contributed by atoms with Crippen LogP contribution in [0, 0.1) is 0 Å². The molecule has 0 bridgehead atoms. The molecule has 1 N–H and O–H groups in total. The summed E-state index contributed by atoms with van der Waals surface area (Å²) in [6.45, 7) is 3.59. The highest BCUT2D eigenvalue weighted by Crippen LogP contribution is 2.35. The molecule has 1 amide bonds. The van der Waals surface area contributed by atoms with E-state index in [-0.39, 0.29) is 19.2 Å². The number of ether oxygens (including phenoxy) is 2. The van der Waals surface area contributed by atoms with Gasteiger partial charge in [-0.2, -0.15) is 0 Å². The van der Waals surface area contributed by atoms with Crippen molar-refractivity contribution in [1.82, 2.24) is 10.2 Å². The lowest BCUT2D eigenvalue weighted by atomic mass is 10.1. The molecule has 2 heterocycles. The van der Waals surface area contributed by atoms with Gasteiger partial charge in [0.15, 0.2) is 11.5 Å². The number of nitrogens with zero attached hydrogens (tertiary/aromatic N) is 2. The fourth-order valence-corrected chi connectivity index (χ4v) is 4.19. The number of carbonyl (C=O) groups excluding carboxylic acids is 1. The first-order valence-corrected chi connectivity index (χ1v) is 11.1. The van der Waals surface area contributed by atoms with Gasteiger partial charge in [-0.05, 0) is 51.0 Å². The summed E-state index contributed by atoms with van der Waals surface area (Å²) in [5.74, 6) is 0.717. The molecule has 0 unspecified atom stereocenters. The van der Waals surface area contributed by atoms with E-state index in [0.29, 0.717) is 23.7 Å². The molecule has 9 heteroatoms. The zero-order valence-corrected chi connectivity index (χ0v) is 16.5. The number of amides is 1. The van der Waals surface area contributed by atoms with Gasteiger partial charge in [0.25, 0.3) is 0 Å². The normalized spacial score (nSPS) is 16.9. The maximum atomic E-state index is 12.3. The van der Waals surface area contributed by atoms with Crippen molar-refractivity contribution in [3.63, 3.8) is 0 Å². The molecule has 0 atom stereocenters. The number of benzene rings is 1. The highest BCUT2D eigenvalue weighted by Gasteiger charge is 2.23. The lowest BCUT2D eigenvalue weighted by Crippen LogP contribution is -2.41. The van der Waals surface area contributed by atoms with Crippen LogP contribution in [0.5, 0.6) is 11.5 Å². The Morgan fingerprint density at radius 3 is 2.67 bits per heavy atom. The van der Waals surface area contributed by atoms with Crippen LogP contribution in [-0.4, -0.2) is 65.0 Å². The van der Waals surface area contributed by atoms with Crippen LogP contribution in [0.1, 0.15) is 25.7 Å². The number of likely N-dealkylation sites (tertiary alicyclic amines) is 1. The number of carbonyl (C=O) groups is 1. The molecular formula is C18H27N3O5S. The molecule has 1 aromatic carbocycles. The van der Waals surface area contributed by atoms with E-state index in [9.17, 15) is 13.2 Å². The van der Waals surface area contributed by atoms with Crippen LogP contribution in [0.3, 0.4) is 0 Å². The summed E-state index contributed by atoms with van der Waals surface area (Å²) in [6.07, 6.45) is 5.72. The lowest BCUT2D eigenvalue weighted by Gasteiger charge is -2.26. The predicted molar refractivity (Wildman–Crippen MR) is 103 cm³/mol. The number of sulfonamides is 1. The molecule has 0 saturated carbocycles. The molecule has 2 aliphatic heterocycles. The fraction of sp³-hybridized carbons (Fsp3) is 0.611. The highest BCUT2D eigenvalue weighted by molar-refractivity contribution is 7.92. The summed E-state index contributed by atoms with van der Waals surface area (Å²) in [5.41, 5.74) is 0.380. The Morgan fingerprint density at radius 2 is 1.93 bits per heavy atom. The molecule has 2 aliphatic rings. The molecule has 3 rings (SSSR count). The molecule has 8 nitrogen and oxygen atoms in total. The summed E-state index contributed by atoms with van der Waals surface area (Å²) < 4.78 is 36.0. The Morgan fingerprint density at radius 1 is 1.19 bits per heavy atom. The van der Waals surface area contributed by atoms with Crippen molar-refractivity contribution >= 4 is 21.6 Å². The first kappa shape index (κ1) is 19.8. The van der Waals surface area contributed by atoms with Gasteiger partial charge < -0.3 is 19.7 Å². The molecular weight excluding hydrogens is 370 g/mol. The van der Waals surface area contributed by atoms with Gasteiger partial charge >= 0.3 is 0 Å². The van der Waals surface area contributed by atoms with Gasteiger partial charge in [-0.3, -0.25) is 9.10 Å². The smallest absolute Gasteiger partial charge is 0.240 e. The maximum Gasteiger partial charge on any atom is 0.240 e. The highest BCUT2D eigenvalue weighted by atomic mass is 32.2. The van der Waals surface area contributed by atoms with Crippen molar-refractivity contribution in [2.75, 3.05) is 50.1 Å². The molecule has 0 radical (unpaired) electrons. The Bertz CT molecular complexity index is 762. The van der Waals surface area contributed by atoms with Gasteiger partial charge in [-0.1, -0.05) is 6.42 Å². The van der Waals surface area contributed by atoms with Crippen LogP contribution in [0.15, 0.2) is 18.2 Å². The summed E-state index contributed by atoms with van der Waals surface area (Å²) in [4.78, 5) is 14.7. The van der Waals surface area contributed by atoms with Crippen LogP contribution in [0.2, 0.25) is 0 Å². The third-order valence-electron chi connectivity index (χ3n) is 4.75. The van der Waals surface area contributed by atoms with Crippen LogP contribution < -0.4 is 19.1 Å². The minimum absolute atomic E-state index is 0.106. The molecule has 1 saturated heterocycles. The Kier molecular flexibility index (Phi) is 6.43. The molecule has 150 valence electrons. The van der Waals surface area contributed by atoms with Crippen LogP contribution in [-0.2, 0) is 14.8 Å². The van der Waals surface area contributed by atoms with Crippen molar-refractivity contribution in [1.29, 1.82) is 0 Å². The van der Waals surface area contributed by atoms with Crippen molar-refractivity contribution in [2.45, 2.75) is 25.7 Å². The molecule has 27 heavy (non-hydrogen) atoms. The number of rotatable bonds is 8. The lowest BCUT2D eigenvalue weighted by molar-refractivity contribution is -0.119. The monoisotopic (exact) mass is 397 g/mol. The Hall–Kier alpha value is -2.00. The van der Waals surface area contributed by atoms with E-state index in [2.05, 4.69) is 10.2 Å². The van der Waals surface area contributed by atoms with Crippen LogP contribution in [0.4, 0.5) is 5.69 Å². The van der Waals surface area contributed by atoms with E-state index in [1.54, 1.807) is 18.2 Å². The van der Waals surface area contributed by atoms with E-state index in [1.807, 2.05) is 0 Å². The third kappa shape index (κ3) is 5.49. The molecule has 0 spiro atoms. The van der Waals surface area contributed by atoms with E-state index >= 15 is 0 Å². The average Bonchev–Trinajstić information content (AvgIpc) is 3.11. The van der Waals surface area contributed by atoms with E-state index in [1.165, 1.54) is 19.3 Å². The standard InChI is InChI=1S/C18H27N3O5S/c1-27(23,24)21(15-6-7-16-17(12-15)26-14-25-16)13-18(22)19-8-5-11-20-9-3-2-4-10-20/h6-7,12H,2-5,8-11,13-14H2,1H3,(H,19,22). The van der Waals surface area contributed by atoms with Gasteiger partial charge in [0, 0.05) is 12.6 Å². The van der Waals surface area contributed by atoms with Gasteiger partial charge in [0.2, 0.25) is 22.7 Å². The average molecular weight is 397 g/mol. The Balaban J connectivity index is 1.52. The molecule has 1 fully saturated rings. The second-order valence-corrected chi connectivity index (χ2v) is 8.82. The SMILES string of the molecule is CS(=O)(=O)N(CC(=O)NCCCN1CCCCC1)c1ccc2c(c1)OCO2. The van der Waals surface area contributed by atoms with E-state index in [4.69, 9.17) is 9.47 Å². The summed E-state index contributed by atoms with van der Waals surface area (Å²) in [7, 11) is -3.61. The largest absolute Gasteiger partial charge is 0.454 e. The quantitative estimate of drug-likeness (QED) is 0.663. The van der Waals surface area contributed by atoms with Gasteiger partial charge in [-0.15, -0.1) is 0 Å². The van der Waals surface area contributed by atoms with E-state index in [0.717, 1.165) is 36.6 Å². The van der Waals surface area contributed by atoms with Gasteiger partial charge in [0.05, 0.1) is 11.9 Å². The molecule has 0 aliphatic carbocycles. The third-order valence-corrected chi connectivity index (χ3v) is 5.89. The summed E-state index contributed by atoms with van der Waals surface area (Å²) in [5, 5.41) is 2.82. The predicted octanol–water partition coefficient (Wildman–Crippen LogP) is 1.17. The molecule has 1 aromatic rings. The van der Waals surface area contributed by atoms with Gasteiger partial charge in [-0.25, -0.2) is 8.42 Å². The second-order valence-electron chi connectivity index (χ2n) is 6.91. The number of anilines is 1. The fourth-order valence-electron chi connectivity index (χ4n) is 3.34. The van der Waals surface area contributed by atoms with Crippen molar-refractivity contribution in [2.24, 2.45) is 0 Å². The zero-order chi connectivity index (χ0) is 19.3. The minimum atomic E-state index is -3.61. The number of nitrogens with one attached hydrogen (secondary N) is 1.